The number of piperazine rings is 1. The van der Waals surface area contributed by atoms with Gasteiger partial charge in [0, 0.05) is 32.2 Å². The molecule has 29 heavy (non-hydrogen) atoms. The van der Waals surface area contributed by atoms with Crippen LogP contribution in [0.3, 0.4) is 0 Å². The molecule has 9 heteroatoms. The van der Waals surface area contributed by atoms with Crippen LogP contribution in [0.2, 0.25) is 0 Å². The number of benzene rings is 1. The van der Waals surface area contributed by atoms with E-state index in [1.165, 1.54) is 6.07 Å². The zero-order chi connectivity index (χ0) is 20.4. The largest absolute Gasteiger partial charge is 0.454 e. The fourth-order valence-electron chi connectivity index (χ4n) is 4.52. The van der Waals surface area contributed by atoms with E-state index in [0.29, 0.717) is 30.2 Å². The van der Waals surface area contributed by atoms with E-state index in [4.69, 9.17) is 9.47 Å². The molecule has 1 unspecified atom stereocenters. The highest BCUT2D eigenvalue weighted by Gasteiger charge is 2.37. The van der Waals surface area contributed by atoms with Crippen molar-refractivity contribution in [2.45, 2.75) is 44.7 Å². The second-order valence-electron chi connectivity index (χ2n) is 7.88. The van der Waals surface area contributed by atoms with Gasteiger partial charge in [0.25, 0.3) is 5.69 Å². The molecule has 2 aliphatic heterocycles. The van der Waals surface area contributed by atoms with Gasteiger partial charge in [-0.05, 0) is 25.5 Å². The minimum Gasteiger partial charge on any atom is -0.454 e. The third kappa shape index (κ3) is 4.16. The van der Waals surface area contributed by atoms with Crippen LogP contribution in [0.25, 0.3) is 0 Å². The van der Waals surface area contributed by atoms with E-state index in [-0.39, 0.29) is 24.4 Å². The van der Waals surface area contributed by atoms with Gasteiger partial charge in [0.1, 0.15) is 6.04 Å². The third-order valence-corrected chi connectivity index (χ3v) is 6.18. The molecule has 4 rings (SSSR count). The maximum atomic E-state index is 13.4. The average Bonchev–Trinajstić information content (AvgIpc) is 3.39. The number of likely N-dealkylation sites (N-methyl/N-ethyl adjacent to an activating group) is 1. The third-order valence-electron chi connectivity index (χ3n) is 6.18. The van der Waals surface area contributed by atoms with Crippen molar-refractivity contribution in [3.8, 4) is 11.5 Å². The van der Waals surface area contributed by atoms with Crippen LogP contribution in [0.15, 0.2) is 12.1 Å². The lowest BCUT2D eigenvalue weighted by Crippen LogP contribution is -2.51. The number of nitrogens with zero attached hydrogens (tertiary/aromatic N) is 3. The Bertz CT molecular complexity index is 772. The highest BCUT2D eigenvalue weighted by atomic mass is 16.7. The Morgan fingerprint density at radius 1 is 1.21 bits per heavy atom. The number of amides is 1. The molecule has 0 radical (unpaired) electrons. The number of rotatable bonds is 6. The molecule has 158 valence electrons. The molecule has 3 aliphatic rings. The number of ether oxygens (including phenoxy) is 2. The van der Waals surface area contributed by atoms with Crippen molar-refractivity contribution in [1.29, 1.82) is 0 Å². The van der Waals surface area contributed by atoms with E-state index < -0.39 is 11.0 Å². The molecule has 1 atom stereocenters. The number of carbonyl (C=O) groups excluding carboxylic acids is 1. The van der Waals surface area contributed by atoms with Crippen LogP contribution in [0.1, 0.15) is 44.2 Å². The minimum absolute atomic E-state index is 0.0318. The molecular weight excluding hydrogens is 376 g/mol. The van der Waals surface area contributed by atoms with Crippen LogP contribution in [0.4, 0.5) is 5.69 Å². The summed E-state index contributed by atoms with van der Waals surface area (Å²) in [4.78, 5) is 29.1. The first kappa shape index (κ1) is 19.9. The monoisotopic (exact) mass is 404 g/mol. The SMILES string of the molecule is CCN1CCN(C(C(=O)NC2CCCC2)c2cc3c(cc2[N+](=O)[O-])OCO3)CC1. The molecule has 0 aromatic heterocycles. The topological polar surface area (TPSA) is 97.2 Å². The predicted octanol–water partition coefficient (Wildman–Crippen LogP) is 2.06. The van der Waals surface area contributed by atoms with Crippen LogP contribution in [-0.4, -0.2) is 66.2 Å². The summed E-state index contributed by atoms with van der Waals surface area (Å²) in [7, 11) is 0. The Hall–Kier alpha value is -2.39. The summed E-state index contributed by atoms with van der Waals surface area (Å²) < 4.78 is 10.8. The molecule has 9 nitrogen and oxygen atoms in total. The second-order valence-corrected chi connectivity index (χ2v) is 7.88. The lowest BCUT2D eigenvalue weighted by molar-refractivity contribution is -0.386. The van der Waals surface area contributed by atoms with E-state index in [9.17, 15) is 14.9 Å². The average molecular weight is 404 g/mol. The van der Waals surface area contributed by atoms with Crippen LogP contribution < -0.4 is 14.8 Å². The first-order valence-electron chi connectivity index (χ1n) is 10.4. The van der Waals surface area contributed by atoms with Crippen molar-refractivity contribution in [1.82, 2.24) is 15.1 Å². The minimum atomic E-state index is -0.718. The first-order valence-corrected chi connectivity index (χ1v) is 10.4. The van der Waals surface area contributed by atoms with Gasteiger partial charge in [-0.25, -0.2) is 0 Å². The summed E-state index contributed by atoms with van der Waals surface area (Å²) in [5, 5.41) is 15.0. The fourth-order valence-corrected chi connectivity index (χ4v) is 4.52. The van der Waals surface area contributed by atoms with Gasteiger partial charge in [-0.3, -0.25) is 19.8 Å². The lowest BCUT2D eigenvalue weighted by atomic mass is 9.99. The summed E-state index contributed by atoms with van der Waals surface area (Å²) >= 11 is 0. The number of nitro benzene ring substituents is 1. The van der Waals surface area contributed by atoms with Crippen molar-refractivity contribution < 1.29 is 19.2 Å². The molecule has 1 aromatic rings. The van der Waals surface area contributed by atoms with E-state index >= 15 is 0 Å². The Balaban J connectivity index is 1.68. The lowest BCUT2D eigenvalue weighted by Gasteiger charge is -2.38. The maximum Gasteiger partial charge on any atom is 0.278 e. The van der Waals surface area contributed by atoms with Crippen LogP contribution in [-0.2, 0) is 4.79 Å². The van der Waals surface area contributed by atoms with Crippen molar-refractivity contribution in [3.63, 3.8) is 0 Å². The molecule has 2 heterocycles. The smallest absolute Gasteiger partial charge is 0.278 e. The van der Waals surface area contributed by atoms with E-state index in [1.54, 1.807) is 6.07 Å². The summed E-state index contributed by atoms with van der Waals surface area (Å²) in [5.74, 6) is 0.645. The number of hydrogen-bond donors (Lipinski definition) is 1. The zero-order valence-corrected chi connectivity index (χ0v) is 16.8. The molecule has 0 spiro atoms. The van der Waals surface area contributed by atoms with Crippen LogP contribution in [0.5, 0.6) is 11.5 Å². The molecule has 1 N–H and O–H groups in total. The van der Waals surface area contributed by atoms with Crippen molar-refractivity contribution in [2.75, 3.05) is 39.5 Å². The summed E-state index contributed by atoms with van der Waals surface area (Å²) in [6, 6.07) is 2.43. The van der Waals surface area contributed by atoms with Crippen molar-refractivity contribution >= 4 is 11.6 Å². The second kappa shape index (κ2) is 8.54. The summed E-state index contributed by atoms with van der Waals surface area (Å²) in [6.45, 7) is 6.14. The van der Waals surface area contributed by atoms with E-state index in [2.05, 4.69) is 22.0 Å². The Labute approximate surface area is 170 Å². The molecule has 1 amide bonds. The number of hydrogen-bond acceptors (Lipinski definition) is 7. The molecule has 1 aliphatic carbocycles. The number of nitro groups is 1. The molecule has 1 saturated heterocycles. The Morgan fingerprint density at radius 2 is 1.86 bits per heavy atom. The van der Waals surface area contributed by atoms with Gasteiger partial charge in [0.2, 0.25) is 12.7 Å². The number of nitrogens with one attached hydrogen (secondary N) is 1. The highest BCUT2D eigenvalue weighted by molar-refractivity contribution is 5.85. The maximum absolute atomic E-state index is 13.4. The van der Waals surface area contributed by atoms with Gasteiger partial charge >= 0.3 is 0 Å². The van der Waals surface area contributed by atoms with Crippen molar-refractivity contribution in [2.24, 2.45) is 0 Å². The highest BCUT2D eigenvalue weighted by Crippen LogP contribution is 2.42. The van der Waals surface area contributed by atoms with E-state index in [1.807, 2.05) is 0 Å². The Kier molecular flexibility index (Phi) is 5.86. The number of carbonyl (C=O) groups is 1. The first-order chi connectivity index (χ1) is 14.1. The predicted molar refractivity (Wildman–Crippen MR) is 106 cm³/mol. The van der Waals surface area contributed by atoms with Gasteiger partial charge < -0.3 is 19.7 Å². The van der Waals surface area contributed by atoms with Gasteiger partial charge in [0.15, 0.2) is 11.5 Å². The summed E-state index contributed by atoms with van der Waals surface area (Å²) in [5.41, 5.74) is 0.276. The van der Waals surface area contributed by atoms with Gasteiger partial charge in [-0.1, -0.05) is 19.8 Å². The quantitative estimate of drug-likeness (QED) is 0.572. The summed E-state index contributed by atoms with van der Waals surface area (Å²) in [6.07, 6.45) is 4.14. The van der Waals surface area contributed by atoms with Crippen LogP contribution >= 0.6 is 0 Å². The fraction of sp³-hybridized carbons (Fsp3) is 0.650. The molecule has 2 fully saturated rings. The normalized spacial score (nSPS) is 21.3. The van der Waals surface area contributed by atoms with E-state index in [0.717, 1.165) is 45.3 Å². The Morgan fingerprint density at radius 3 is 2.48 bits per heavy atom. The standard InChI is InChI=1S/C20H28N4O5/c1-2-22-7-9-23(10-8-22)19(20(25)21-14-5-3-4-6-14)15-11-17-18(29-13-28-17)12-16(15)24(26)27/h11-12,14,19H,2-10,13H2,1H3,(H,21,25). The zero-order valence-electron chi connectivity index (χ0n) is 16.8. The number of fused-ring (bicyclic) bond motifs is 1. The van der Waals surface area contributed by atoms with Crippen molar-refractivity contribution in [3.05, 3.63) is 27.8 Å². The van der Waals surface area contributed by atoms with Crippen LogP contribution in [0, 0.1) is 10.1 Å². The molecule has 0 bridgehead atoms. The van der Waals surface area contributed by atoms with Gasteiger partial charge in [0.05, 0.1) is 16.6 Å². The molecular formula is C20H28N4O5. The van der Waals surface area contributed by atoms with Gasteiger partial charge in [-0.15, -0.1) is 0 Å². The molecule has 1 saturated carbocycles. The molecule has 1 aromatic carbocycles. The van der Waals surface area contributed by atoms with Gasteiger partial charge in [-0.2, -0.15) is 0 Å².